The monoisotopic (exact) mass is 561 g/mol. The fourth-order valence-electron chi connectivity index (χ4n) is 6.20. The molecule has 0 unspecified atom stereocenters. The molecule has 3 aliphatic rings. The van der Waals surface area contributed by atoms with Gasteiger partial charge in [-0.05, 0) is 37.0 Å². The van der Waals surface area contributed by atoms with E-state index >= 15 is 0 Å². The predicted octanol–water partition coefficient (Wildman–Crippen LogP) is 1.11. The average molecular weight is 562 g/mol. The van der Waals surface area contributed by atoms with Crippen molar-refractivity contribution < 1.29 is 34.1 Å². The van der Waals surface area contributed by atoms with Crippen molar-refractivity contribution in [2.24, 2.45) is 11.7 Å². The molecule has 3 heterocycles. The van der Waals surface area contributed by atoms with E-state index in [4.69, 9.17) is 15.2 Å². The van der Waals surface area contributed by atoms with Crippen LogP contribution in [0.3, 0.4) is 0 Å². The number of amides is 3. The standard InChI is InChI=1S/C28H43N5O7/c1-3-4-9-31(12-7-29)24(35)16-33-15-21(19-13-20(17-34)26-23(14-19)39-18-40-26)25(27(36)37)22(33)6-11-32-10-5-8-30(2)28(32)38/h13-14,21-22,25,34H,3-12,15-18,29H2,1-2H3,(H,36,37)/t21-,22+,25-/m1/s1. The quantitative estimate of drug-likeness (QED) is 0.322. The van der Waals surface area contributed by atoms with Crippen molar-refractivity contribution in [3.05, 3.63) is 23.3 Å². The minimum Gasteiger partial charge on any atom is -0.481 e. The lowest BCUT2D eigenvalue weighted by Gasteiger charge is -2.35. The third kappa shape index (κ3) is 6.45. The Morgan fingerprint density at radius 2 is 2.00 bits per heavy atom. The van der Waals surface area contributed by atoms with Crippen LogP contribution in [0.25, 0.3) is 0 Å². The molecule has 4 rings (SSSR count). The van der Waals surface area contributed by atoms with E-state index < -0.39 is 23.8 Å². The molecule has 3 atom stereocenters. The Kier molecular flexibility index (Phi) is 10.1. The summed E-state index contributed by atoms with van der Waals surface area (Å²) in [6.07, 6.45) is 3.08. The first kappa shape index (κ1) is 29.9. The average Bonchev–Trinajstić information content (AvgIpc) is 3.56. The molecule has 222 valence electrons. The van der Waals surface area contributed by atoms with Crippen LogP contribution in [0.2, 0.25) is 0 Å². The lowest BCUT2D eigenvalue weighted by Crippen LogP contribution is -2.50. The molecule has 0 aliphatic carbocycles. The fourth-order valence-corrected chi connectivity index (χ4v) is 6.20. The van der Waals surface area contributed by atoms with Crippen molar-refractivity contribution in [1.29, 1.82) is 0 Å². The number of carboxylic acid groups (broad SMARTS) is 1. The van der Waals surface area contributed by atoms with E-state index in [0.717, 1.165) is 24.8 Å². The van der Waals surface area contributed by atoms with Gasteiger partial charge in [-0.3, -0.25) is 14.5 Å². The van der Waals surface area contributed by atoms with Crippen LogP contribution in [-0.4, -0.2) is 120 Å². The number of likely N-dealkylation sites (tertiary alicyclic amines) is 1. The molecule has 0 spiro atoms. The van der Waals surface area contributed by atoms with Gasteiger partial charge in [-0.25, -0.2) is 4.79 Å². The van der Waals surface area contributed by atoms with Crippen LogP contribution >= 0.6 is 0 Å². The highest BCUT2D eigenvalue weighted by Crippen LogP contribution is 2.44. The number of carboxylic acids is 1. The smallest absolute Gasteiger partial charge is 0.319 e. The van der Waals surface area contributed by atoms with Crippen molar-refractivity contribution in [2.45, 2.75) is 51.2 Å². The van der Waals surface area contributed by atoms with Gasteiger partial charge in [-0.2, -0.15) is 0 Å². The van der Waals surface area contributed by atoms with E-state index in [9.17, 15) is 24.6 Å². The zero-order valence-electron chi connectivity index (χ0n) is 23.6. The molecule has 0 radical (unpaired) electrons. The number of nitrogens with two attached hydrogens (primary N) is 1. The number of carbonyl (C=O) groups excluding carboxylic acids is 2. The molecule has 2 fully saturated rings. The maximum absolute atomic E-state index is 13.5. The Hall–Kier alpha value is -3.09. The summed E-state index contributed by atoms with van der Waals surface area (Å²) < 4.78 is 11.1. The van der Waals surface area contributed by atoms with Crippen LogP contribution in [0.4, 0.5) is 4.79 Å². The Bertz CT molecular complexity index is 1070. The van der Waals surface area contributed by atoms with Gasteiger partial charge >= 0.3 is 12.0 Å². The minimum absolute atomic E-state index is 0.0368. The molecule has 4 N–H and O–H groups in total. The van der Waals surface area contributed by atoms with Crippen molar-refractivity contribution in [3.8, 4) is 11.5 Å². The molecule has 0 bridgehead atoms. The summed E-state index contributed by atoms with van der Waals surface area (Å²) in [6, 6.07) is 3.03. The van der Waals surface area contributed by atoms with E-state index in [1.165, 1.54) is 0 Å². The zero-order valence-corrected chi connectivity index (χ0v) is 23.6. The van der Waals surface area contributed by atoms with Crippen LogP contribution in [0.1, 0.15) is 49.7 Å². The molecule has 3 amide bonds. The molecular weight excluding hydrogens is 518 g/mol. The molecule has 3 aliphatic heterocycles. The minimum atomic E-state index is -0.958. The van der Waals surface area contributed by atoms with Gasteiger partial charge in [0.05, 0.1) is 19.1 Å². The van der Waals surface area contributed by atoms with Crippen molar-refractivity contribution >= 4 is 17.9 Å². The lowest BCUT2D eigenvalue weighted by atomic mass is 9.83. The van der Waals surface area contributed by atoms with Crippen molar-refractivity contribution in [2.75, 3.05) is 66.2 Å². The van der Waals surface area contributed by atoms with E-state index in [-0.39, 0.29) is 31.9 Å². The number of aliphatic carboxylic acids is 1. The lowest BCUT2D eigenvalue weighted by molar-refractivity contribution is -0.143. The normalized spacial score (nSPS) is 22.7. The second-order valence-corrected chi connectivity index (χ2v) is 10.9. The first-order valence-electron chi connectivity index (χ1n) is 14.3. The zero-order chi connectivity index (χ0) is 28.8. The molecule has 0 aromatic heterocycles. The van der Waals surface area contributed by atoms with Crippen LogP contribution in [0.5, 0.6) is 11.5 Å². The molecule has 2 saturated heterocycles. The van der Waals surface area contributed by atoms with Gasteiger partial charge in [0.25, 0.3) is 0 Å². The van der Waals surface area contributed by atoms with E-state index in [1.807, 2.05) is 4.90 Å². The maximum atomic E-state index is 13.5. The van der Waals surface area contributed by atoms with Gasteiger partial charge in [0.1, 0.15) is 0 Å². The number of urea groups is 1. The fraction of sp³-hybridized carbons (Fsp3) is 0.679. The van der Waals surface area contributed by atoms with Gasteiger partial charge in [-0.15, -0.1) is 0 Å². The van der Waals surface area contributed by atoms with Crippen LogP contribution in [0.15, 0.2) is 12.1 Å². The summed E-state index contributed by atoms with van der Waals surface area (Å²) in [7, 11) is 1.77. The first-order chi connectivity index (χ1) is 19.3. The molecule has 1 aromatic carbocycles. The third-order valence-corrected chi connectivity index (χ3v) is 8.29. The Labute approximate surface area is 235 Å². The number of nitrogens with zero attached hydrogens (tertiary/aromatic N) is 4. The van der Waals surface area contributed by atoms with Crippen molar-refractivity contribution in [3.63, 3.8) is 0 Å². The summed E-state index contributed by atoms with van der Waals surface area (Å²) in [5.74, 6) is -1.36. The van der Waals surface area contributed by atoms with E-state index in [2.05, 4.69) is 6.92 Å². The summed E-state index contributed by atoms with van der Waals surface area (Å²) in [6.45, 7) is 5.37. The van der Waals surface area contributed by atoms with Gasteiger partial charge < -0.3 is 40.1 Å². The van der Waals surface area contributed by atoms with Gasteiger partial charge in [0.2, 0.25) is 12.7 Å². The third-order valence-electron chi connectivity index (χ3n) is 8.29. The second kappa shape index (κ2) is 13.5. The Morgan fingerprint density at radius 3 is 2.70 bits per heavy atom. The molecular formula is C28H43N5O7. The highest BCUT2D eigenvalue weighted by molar-refractivity contribution is 5.79. The number of rotatable bonds is 13. The Morgan fingerprint density at radius 1 is 1.20 bits per heavy atom. The van der Waals surface area contributed by atoms with Crippen LogP contribution < -0.4 is 15.2 Å². The highest BCUT2D eigenvalue weighted by atomic mass is 16.7. The predicted molar refractivity (Wildman–Crippen MR) is 147 cm³/mol. The molecule has 12 nitrogen and oxygen atoms in total. The topological polar surface area (TPSA) is 149 Å². The maximum Gasteiger partial charge on any atom is 0.319 e. The molecule has 12 heteroatoms. The number of benzene rings is 1. The van der Waals surface area contributed by atoms with E-state index in [0.29, 0.717) is 69.3 Å². The summed E-state index contributed by atoms with van der Waals surface area (Å²) in [5.41, 5.74) is 7.05. The summed E-state index contributed by atoms with van der Waals surface area (Å²) in [5, 5.41) is 20.5. The number of hydrogen-bond acceptors (Lipinski definition) is 8. The number of aliphatic hydroxyl groups excluding tert-OH is 1. The number of hydrogen-bond donors (Lipinski definition) is 3. The molecule has 0 saturated carbocycles. The number of ether oxygens (including phenoxy) is 2. The summed E-state index contributed by atoms with van der Waals surface area (Å²) >= 11 is 0. The van der Waals surface area contributed by atoms with Crippen LogP contribution in [-0.2, 0) is 16.2 Å². The first-order valence-corrected chi connectivity index (χ1v) is 14.3. The largest absolute Gasteiger partial charge is 0.481 e. The second-order valence-electron chi connectivity index (χ2n) is 10.9. The van der Waals surface area contributed by atoms with E-state index in [1.54, 1.807) is 33.9 Å². The number of aliphatic hydroxyl groups is 1. The van der Waals surface area contributed by atoms with Gasteiger partial charge in [-0.1, -0.05) is 13.3 Å². The molecule has 1 aromatic rings. The van der Waals surface area contributed by atoms with Crippen molar-refractivity contribution in [1.82, 2.24) is 19.6 Å². The number of unbranched alkanes of at least 4 members (excludes halogenated alkanes) is 1. The van der Waals surface area contributed by atoms with Crippen LogP contribution in [0, 0.1) is 5.92 Å². The SMILES string of the molecule is CCCCN(CCN)C(=O)CN1C[C@H](c2cc(CO)c3c(c2)OCO3)[C@@H](C(=O)O)[C@@H]1CCN1CCCN(C)C1=O. The number of carbonyl (C=O) groups is 3. The molecule has 40 heavy (non-hydrogen) atoms. The Balaban J connectivity index is 1.63. The van der Waals surface area contributed by atoms with Gasteiger partial charge in [0, 0.05) is 70.4 Å². The summed E-state index contributed by atoms with van der Waals surface area (Å²) in [4.78, 5) is 46.2. The number of fused-ring (bicyclic) bond motifs is 1. The van der Waals surface area contributed by atoms with Gasteiger partial charge in [0.15, 0.2) is 11.5 Å². The highest BCUT2D eigenvalue weighted by Gasteiger charge is 2.48.